The maximum absolute atomic E-state index is 11.3. The van der Waals surface area contributed by atoms with Crippen LogP contribution in [0.2, 0.25) is 0 Å². The lowest BCUT2D eigenvalue weighted by Crippen LogP contribution is -2.22. The minimum Gasteiger partial charge on any atom is -0.463 e. The molecule has 0 aliphatic heterocycles. The van der Waals surface area contributed by atoms with Crippen LogP contribution in [0.4, 0.5) is 0 Å². The monoisotopic (exact) mass is 296 g/mol. The van der Waals surface area contributed by atoms with Crippen molar-refractivity contribution in [2.45, 2.75) is 72.3 Å². The Labute approximate surface area is 130 Å². The van der Waals surface area contributed by atoms with E-state index in [1.54, 1.807) is 6.92 Å². The van der Waals surface area contributed by atoms with Crippen molar-refractivity contribution < 1.29 is 14.6 Å². The number of carbonyl (C=O) groups is 1. The molecule has 1 N–H and O–H groups in total. The molecule has 3 heteroatoms. The van der Waals surface area contributed by atoms with E-state index in [9.17, 15) is 9.90 Å². The number of esters is 1. The van der Waals surface area contributed by atoms with Gasteiger partial charge in [-0.3, -0.25) is 0 Å². The first-order valence-corrected chi connectivity index (χ1v) is 8.04. The van der Waals surface area contributed by atoms with Crippen LogP contribution in [-0.2, 0) is 9.53 Å². The van der Waals surface area contributed by atoms with Crippen molar-refractivity contribution in [2.75, 3.05) is 6.61 Å². The van der Waals surface area contributed by atoms with E-state index in [0.29, 0.717) is 12.5 Å². The number of carbonyl (C=O) groups excluding carboxylic acids is 1. The number of hydrogen-bond acceptors (Lipinski definition) is 3. The van der Waals surface area contributed by atoms with Crippen molar-refractivity contribution in [1.29, 1.82) is 0 Å². The summed E-state index contributed by atoms with van der Waals surface area (Å²) in [5.74, 6) is 0.304. The highest BCUT2D eigenvalue weighted by molar-refractivity contribution is 5.83. The van der Waals surface area contributed by atoms with Crippen LogP contribution in [0, 0.1) is 5.92 Å². The lowest BCUT2D eigenvalue weighted by atomic mass is 9.92. The first-order valence-electron chi connectivity index (χ1n) is 8.04. The summed E-state index contributed by atoms with van der Waals surface area (Å²) < 4.78 is 4.86. The highest BCUT2D eigenvalue weighted by Crippen LogP contribution is 2.20. The van der Waals surface area contributed by atoms with E-state index < -0.39 is 5.60 Å². The molecule has 122 valence electrons. The van der Waals surface area contributed by atoms with E-state index in [1.165, 1.54) is 6.08 Å². The Kier molecular flexibility index (Phi) is 10.1. The zero-order valence-electron chi connectivity index (χ0n) is 14.3. The molecule has 0 aromatic carbocycles. The molecule has 0 aromatic rings. The van der Waals surface area contributed by atoms with Gasteiger partial charge in [0.15, 0.2) is 0 Å². The van der Waals surface area contributed by atoms with Crippen LogP contribution in [0.25, 0.3) is 0 Å². The molecule has 2 atom stereocenters. The molecule has 0 bridgehead atoms. The summed E-state index contributed by atoms with van der Waals surface area (Å²) in [6.07, 6.45) is 10.4. The number of hydrogen-bond donors (Lipinski definition) is 1. The van der Waals surface area contributed by atoms with Gasteiger partial charge in [0.1, 0.15) is 0 Å². The minimum absolute atomic E-state index is 0.283. The fourth-order valence-corrected chi connectivity index (χ4v) is 2.03. The quantitative estimate of drug-likeness (QED) is 0.369. The van der Waals surface area contributed by atoms with Gasteiger partial charge in [0.05, 0.1) is 12.2 Å². The van der Waals surface area contributed by atoms with Crippen molar-refractivity contribution in [1.82, 2.24) is 0 Å². The first kappa shape index (κ1) is 19.9. The second kappa shape index (κ2) is 10.6. The van der Waals surface area contributed by atoms with Gasteiger partial charge in [-0.25, -0.2) is 4.79 Å². The SMILES string of the molecule is CCOC(=O)/C=C(C)/C=C/CC(C)CCCC(C)(O)CC. The lowest BCUT2D eigenvalue weighted by Gasteiger charge is -2.21. The summed E-state index contributed by atoms with van der Waals surface area (Å²) in [5, 5.41) is 9.95. The largest absolute Gasteiger partial charge is 0.463 e. The maximum Gasteiger partial charge on any atom is 0.330 e. The predicted octanol–water partition coefficient (Wildman–Crippen LogP) is 4.41. The van der Waals surface area contributed by atoms with Crippen LogP contribution in [0.3, 0.4) is 0 Å². The third-order valence-electron chi connectivity index (χ3n) is 3.73. The smallest absolute Gasteiger partial charge is 0.330 e. The number of rotatable bonds is 10. The van der Waals surface area contributed by atoms with Gasteiger partial charge < -0.3 is 9.84 Å². The van der Waals surface area contributed by atoms with Crippen molar-refractivity contribution >= 4 is 5.97 Å². The Morgan fingerprint density at radius 3 is 2.62 bits per heavy atom. The second-order valence-electron chi connectivity index (χ2n) is 6.13. The van der Waals surface area contributed by atoms with E-state index in [4.69, 9.17) is 4.74 Å². The van der Waals surface area contributed by atoms with Gasteiger partial charge in [0.2, 0.25) is 0 Å². The Balaban J connectivity index is 3.99. The fraction of sp³-hybridized carbons (Fsp3) is 0.722. The van der Waals surface area contributed by atoms with E-state index >= 15 is 0 Å². The topological polar surface area (TPSA) is 46.5 Å². The van der Waals surface area contributed by atoms with Crippen molar-refractivity contribution in [3.05, 3.63) is 23.8 Å². The third-order valence-corrected chi connectivity index (χ3v) is 3.73. The maximum atomic E-state index is 11.3. The molecule has 0 fully saturated rings. The van der Waals surface area contributed by atoms with Crippen LogP contribution < -0.4 is 0 Å². The molecule has 0 aromatic heterocycles. The number of aliphatic hydroxyl groups is 1. The second-order valence-corrected chi connectivity index (χ2v) is 6.13. The molecule has 0 aliphatic carbocycles. The van der Waals surface area contributed by atoms with Gasteiger partial charge in [-0.1, -0.05) is 38.8 Å². The van der Waals surface area contributed by atoms with Crippen molar-refractivity contribution in [3.63, 3.8) is 0 Å². The van der Waals surface area contributed by atoms with Gasteiger partial charge in [-0.05, 0) is 51.5 Å². The van der Waals surface area contributed by atoms with Crippen LogP contribution in [0.5, 0.6) is 0 Å². The standard InChI is InChI=1S/C18H32O3/c1-6-18(5,20)13-9-12-15(3)10-8-11-16(4)14-17(19)21-7-2/h8,11,14-15,20H,6-7,9-10,12-13H2,1-5H3/b11-8+,16-14+. The fourth-order valence-electron chi connectivity index (χ4n) is 2.03. The van der Waals surface area contributed by atoms with Crippen molar-refractivity contribution in [2.24, 2.45) is 5.92 Å². The molecule has 2 unspecified atom stereocenters. The summed E-state index contributed by atoms with van der Waals surface area (Å²) in [4.78, 5) is 11.3. The number of ether oxygens (including phenoxy) is 1. The zero-order chi connectivity index (χ0) is 16.3. The molecule has 0 amide bonds. The lowest BCUT2D eigenvalue weighted by molar-refractivity contribution is -0.137. The summed E-state index contributed by atoms with van der Waals surface area (Å²) in [6, 6.07) is 0. The van der Waals surface area contributed by atoms with Crippen LogP contribution in [0.15, 0.2) is 23.8 Å². The van der Waals surface area contributed by atoms with Gasteiger partial charge in [0.25, 0.3) is 0 Å². The van der Waals surface area contributed by atoms with Gasteiger partial charge in [-0.2, -0.15) is 0 Å². The highest BCUT2D eigenvalue weighted by Gasteiger charge is 2.16. The molecule has 3 nitrogen and oxygen atoms in total. The summed E-state index contributed by atoms with van der Waals surface area (Å²) in [6.45, 7) is 10.2. The zero-order valence-corrected chi connectivity index (χ0v) is 14.3. The third kappa shape index (κ3) is 11.3. The minimum atomic E-state index is -0.519. The van der Waals surface area contributed by atoms with E-state index in [0.717, 1.165) is 37.7 Å². The van der Waals surface area contributed by atoms with Crippen LogP contribution in [0.1, 0.15) is 66.7 Å². The van der Waals surface area contributed by atoms with E-state index in [2.05, 4.69) is 13.0 Å². The summed E-state index contributed by atoms with van der Waals surface area (Å²) >= 11 is 0. The summed E-state index contributed by atoms with van der Waals surface area (Å²) in [7, 11) is 0. The molecular weight excluding hydrogens is 264 g/mol. The summed E-state index contributed by atoms with van der Waals surface area (Å²) in [5.41, 5.74) is 0.392. The van der Waals surface area contributed by atoms with E-state index in [-0.39, 0.29) is 5.97 Å². The Bertz CT molecular complexity index is 353. The Morgan fingerprint density at radius 2 is 2.05 bits per heavy atom. The Morgan fingerprint density at radius 1 is 1.38 bits per heavy atom. The molecule has 0 saturated heterocycles. The molecular formula is C18H32O3. The molecule has 21 heavy (non-hydrogen) atoms. The predicted molar refractivity (Wildman–Crippen MR) is 88.1 cm³/mol. The van der Waals surface area contributed by atoms with Gasteiger partial charge >= 0.3 is 5.97 Å². The van der Waals surface area contributed by atoms with Crippen molar-refractivity contribution in [3.8, 4) is 0 Å². The van der Waals surface area contributed by atoms with E-state index in [1.807, 2.05) is 26.8 Å². The first-order chi connectivity index (χ1) is 9.80. The van der Waals surface area contributed by atoms with Gasteiger partial charge in [0, 0.05) is 6.08 Å². The molecule has 0 spiro atoms. The highest BCUT2D eigenvalue weighted by atomic mass is 16.5. The molecule has 0 aliphatic rings. The Hall–Kier alpha value is -1.09. The van der Waals surface area contributed by atoms with Gasteiger partial charge in [-0.15, -0.1) is 0 Å². The normalized spacial score (nSPS) is 16.8. The molecule has 0 radical (unpaired) electrons. The number of allylic oxidation sites excluding steroid dienone is 3. The van der Waals surface area contributed by atoms with Crippen LogP contribution in [-0.4, -0.2) is 23.3 Å². The molecule has 0 heterocycles. The average Bonchev–Trinajstić information content (AvgIpc) is 2.38. The molecule has 0 saturated carbocycles. The average molecular weight is 296 g/mol. The van der Waals surface area contributed by atoms with Crippen LogP contribution >= 0.6 is 0 Å². The molecule has 0 rings (SSSR count).